The van der Waals surface area contributed by atoms with Crippen molar-refractivity contribution in [2.75, 3.05) is 13.1 Å². The highest BCUT2D eigenvalue weighted by molar-refractivity contribution is 6.07. The summed E-state index contributed by atoms with van der Waals surface area (Å²) in [6.07, 6.45) is 4.85. The summed E-state index contributed by atoms with van der Waals surface area (Å²) in [6.45, 7) is 1.38. The van der Waals surface area contributed by atoms with E-state index in [1.54, 1.807) is 12.3 Å². The lowest BCUT2D eigenvalue weighted by Gasteiger charge is -2.32. The first kappa shape index (κ1) is 15.6. The zero-order valence-corrected chi connectivity index (χ0v) is 13.8. The number of benzene rings is 2. The summed E-state index contributed by atoms with van der Waals surface area (Å²) in [7, 11) is 0. The van der Waals surface area contributed by atoms with Crippen LogP contribution in [-0.4, -0.2) is 40.0 Å². The summed E-state index contributed by atoms with van der Waals surface area (Å²) in [4.78, 5) is 22.8. The Kier molecular flexibility index (Phi) is 4.29. The molecule has 2 heterocycles. The molecular weight excluding hydrogens is 314 g/mol. The molecule has 0 N–H and O–H groups in total. The van der Waals surface area contributed by atoms with Gasteiger partial charge in [0.25, 0.3) is 5.91 Å². The van der Waals surface area contributed by atoms with Crippen LogP contribution in [0.1, 0.15) is 23.2 Å². The minimum absolute atomic E-state index is 0.0893. The van der Waals surface area contributed by atoms with Crippen LogP contribution in [-0.2, 0) is 0 Å². The minimum atomic E-state index is 0.0893. The third-order valence-corrected chi connectivity index (χ3v) is 4.59. The largest absolute Gasteiger partial charge is 0.474 e. The lowest BCUT2D eigenvalue weighted by atomic mass is 10.0. The highest BCUT2D eigenvalue weighted by Crippen LogP contribution is 2.23. The fourth-order valence-electron chi connectivity index (χ4n) is 3.28. The van der Waals surface area contributed by atoms with Gasteiger partial charge in [0.2, 0.25) is 5.88 Å². The summed E-state index contributed by atoms with van der Waals surface area (Å²) < 4.78 is 5.87. The number of hydrogen-bond donors (Lipinski definition) is 0. The first-order valence-electron chi connectivity index (χ1n) is 8.51. The van der Waals surface area contributed by atoms with Crippen LogP contribution < -0.4 is 4.74 Å². The van der Waals surface area contributed by atoms with Gasteiger partial charge in [-0.1, -0.05) is 36.4 Å². The Balaban J connectivity index is 1.44. The first-order valence-corrected chi connectivity index (χ1v) is 8.51. The molecule has 2 aromatic carbocycles. The van der Waals surface area contributed by atoms with Gasteiger partial charge in [-0.15, -0.1) is 0 Å². The summed E-state index contributed by atoms with van der Waals surface area (Å²) in [5, 5.41) is 2.10. The molecule has 1 aliphatic heterocycles. The van der Waals surface area contributed by atoms with Crippen LogP contribution in [0, 0.1) is 0 Å². The SMILES string of the molecule is O=C(c1cccc2ccccc12)N1CCC(Oc2ccncn2)CC1. The lowest BCUT2D eigenvalue weighted by Crippen LogP contribution is -2.41. The standard InChI is InChI=1S/C20H19N3O2/c24-20(18-7-3-5-15-4-1-2-6-17(15)18)23-12-9-16(10-13-23)25-19-8-11-21-14-22-19/h1-8,11,14,16H,9-10,12-13H2. The Bertz CT molecular complexity index is 869. The molecule has 25 heavy (non-hydrogen) atoms. The number of amides is 1. The first-order chi connectivity index (χ1) is 12.3. The normalized spacial score (nSPS) is 15.3. The number of likely N-dealkylation sites (tertiary alicyclic amines) is 1. The highest BCUT2D eigenvalue weighted by atomic mass is 16.5. The molecule has 126 valence electrons. The molecule has 0 saturated carbocycles. The van der Waals surface area contributed by atoms with Crippen molar-refractivity contribution in [2.24, 2.45) is 0 Å². The van der Waals surface area contributed by atoms with Crippen molar-refractivity contribution >= 4 is 16.7 Å². The van der Waals surface area contributed by atoms with Gasteiger partial charge in [0.15, 0.2) is 0 Å². The van der Waals surface area contributed by atoms with Gasteiger partial charge in [0.05, 0.1) is 0 Å². The number of fused-ring (bicyclic) bond motifs is 1. The van der Waals surface area contributed by atoms with Gasteiger partial charge in [0, 0.05) is 43.8 Å². The Morgan fingerprint density at radius 2 is 1.84 bits per heavy atom. The molecule has 5 nitrogen and oxygen atoms in total. The van der Waals surface area contributed by atoms with Crippen molar-refractivity contribution in [2.45, 2.75) is 18.9 Å². The quantitative estimate of drug-likeness (QED) is 0.738. The fourth-order valence-corrected chi connectivity index (χ4v) is 3.28. The second-order valence-electron chi connectivity index (χ2n) is 6.18. The number of carbonyl (C=O) groups excluding carboxylic acids is 1. The second-order valence-corrected chi connectivity index (χ2v) is 6.18. The van der Waals surface area contributed by atoms with E-state index < -0.39 is 0 Å². The van der Waals surface area contributed by atoms with E-state index in [9.17, 15) is 4.79 Å². The molecule has 5 heteroatoms. The number of aromatic nitrogens is 2. The van der Waals surface area contributed by atoms with Crippen molar-refractivity contribution in [1.29, 1.82) is 0 Å². The molecule has 1 fully saturated rings. The molecule has 0 bridgehead atoms. The predicted octanol–water partition coefficient (Wildman–Crippen LogP) is 3.31. The van der Waals surface area contributed by atoms with Gasteiger partial charge < -0.3 is 9.64 Å². The van der Waals surface area contributed by atoms with E-state index in [0.29, 0.717) is 19.0 Å². The van der Waals surface area contributed by atoms with Gasteiger partial charge in [0.1, 0.15) is 12.4 Å². The van der Waals surface area contributed by atoms with Gasteiger partial charge in [-0.3, -0.25) is 4.79 Å². The molecule has 4 rings (SSSR count). The van der Waals surface area contributed by atoms with Crippen LogP contribution in [0.15, 0.2) is 61.1 Å². The Labute approximate surface area is 146 Å². The Morgan fingerprint density at radius 3 is 2.64 bits per heavy atom. The van der Waals surface area contributed by atoms with E-state index in [1.807, 2.05) is 47.4 Å². The summed E-state index contributed by atoms with van der Waals surface area (Å²) in [5.74, 6) is 0.686. The van der Waals surface area contributed by atoms with Crippen LogP contribution in [0.3, 0.4) is 0 Å². The van der Waals surface area contributed by atoms with Crippen LogP contribution in [0.2, 0.25) is 0 Å². The van der Waals surface area contributed by atoms with Crippen molar-refractivity contribution in [3.8, 4) is 5.88 Å². The summed E-state index contributed by atoms with van der Waals surface area (Å²) in [5.41, 5.74) is 0.772. The van der Waals surface area contributed by atoms with Gasteiger partial charge in [-0.05, 0) is 16.8 Å². The maximum atomic E-state index is 12.9. The monoisotopic (exact) mass is 333 g/mol. The number of piperidine rings is 1. The molecule has 0 atom stereocenters. The Morgan fingerprint density at radius 1 is 1.04 bits per heavy atom. The molecule has 1 aromatic heterocycles. The lowest BCUT2D eigenvalue weighted by molar-refractivity contribution is 0.0589. The molecule has 1 saturated heterocycles. The van der Waals surface area contributed by atoms with Crippen LogP contribution in [0.5, 0.6) is 5.88 Å². The molecule has 0 aliphatic carbocycles. The number of ether oxygens (including phenoxy) is 1. The van der Waals surface area contributed by atoms with Gasteiger partial charge in [-0.2, -0.15) is 0 Å². The topological polar surface area (TPSA) is 55.3 Å². The average molecular weight is 333 g/mol. The van der Waals surface area contributed by atoms with E-state index in [1.165, 1.54) is 6.33 Å². The summed E-state index contributed by atoms with van der Waals surface area (Å²) in [6, 6.07) is 15.7. The van der Waals surface area contributed by atoms with Crippen molar-refractivity contribution in [1.82, 2.24) is 14.9 Å². The van der Waals surface area contributed by atoms with Gasteiger partial charge >= 0.3 is 0 Å². The number of carbonyl (C=O) groups is 1. The van der Waals surface area contributed by atoms with E-state index in [4.69, 9.17) is 4.74 Å². The third kappa shape index (κ3) is 3.31. The number of nitrogens with zero attached hydrogens (tertiary/aromatic N) is 3. The molecule has 1 amide bonds. The van der Waals surface area contributed by atoms with Gasteiger partial charge in [-0.25, -0.2) is 9.97 Å². The van der Waals surface area contributed by atoms with E-state index in [2.05, 4.69) is 9.97 Å². The average Bonchev–Trinajstić information content (AvgIpc) is 2.68. The fraction of sp³-hybridized carbons (Fsp3) is 0.250. The molecule has 1 aliphatic rings. The molecule has 0 radical (unpaired) electrons. The smallest absolute Gasteiger partial charge is 0.254 e. The zero-order valence-electron chi connectivity index (χ0n) is 13.8. The maximum Gasteiger partial charge on any atom is 0.254 e. The van der Waals surface area contributed by atoms with Crippen molar-refractivity contribution in [3.05, 3.63) is 66.6 Å². The van der Waals surface area contributed by atoms with Crippen LogP contribution >= 0.6 is 0 Å². The van der Waals surface area contributed by atoms with Crippen LogP contribution in [0.25, 0.3) is 10.8 Å². The zero-order chi connectivity index (χ0) is 17.1. The number of rotatable bonds is 3. The second kappa shape index (κ2) is 6.89. The molecule has 0 spiro atoms. The Hall–Kier alpha value is -2.95. The minimum Gasteiger partial charge on any atom is -0.474 e. The summed E-state index contributed by atoms with van der Waals surface area (Å²) >= 11 is 0. The highest BCUT2D eigenvalue weighted by Gasteiger charge is 2.25. The van der Waals surface area contributed by atoms with E-state index in [-0.39, 0.29) is 12.0 Å². The molecular formula is C20H19N3O2. The van der Waals surface area contributed by atoms with E-state index >= 15 is 0 Å². The molecule has 0 unspecified atom stereocenters. The maximum absolute atomic E-state index is 12.9. The molecule has 3 aromatic rings. The van der Waals surface area contributed by atoms with Crippen LogP contribution in [0.4, 0.5) is 0 Å². The van der Waals surface area contributed by atoms with Crippen molar-refractivity contribution < 1.29 is 9.53 Å². The predicted molar refractivity (Wildman–Crippen MR) is 95.5 cm³/mol. The number of hydrogen-bond acceptors (Lipinski definition) is 4. The van der Waals surface area contributed by atoms with Crippen molar-refractivity contribution in [3.63, 3.8) is 0 Å². The third-order valence-electron chi connectivity index (χ3n) is 4.59. The van der Waals surface area contributed by atoms with E-state index in [0.717, 1.165) is 29.2 Å².